The molecule has 1 heterocycles. The van der Waals surface area contributed by atoms with Crippen molar-refractivity contribution in [2.45, 2.75) is 46.0 Å². The number of aliphatic hydroxyl groups is 1. The van der Waals surface area contributed by atoms with E-state index in [1.165, 1.54) is 11.1 Å². The van der Waals surface area contributed by atoms with Crippen LogP contribution in [-0.2, 0) is 4.74 Å². The Labute approximate surface area is 116 Å². The Morgan fingerprint density at radius 1 is 1.26 bits per heavy atom. The van der Waals surface area contributed by atoms with E-state index in [2.05, 4.69) is 44.7 Å². The molecule has 1 aromatic rings. The SMILES string of the molecule is Cc1ccc(C(O)CN2C[C@@H](C)O[C@@H](C)C2)c(C)c1. The Bertz CT molecular complexity index is 423. The van der Waals surface area contributed by atoms with Gasteiger partial charge in [-0.25, -0.2) is 0 Å². The summed E-state index contributed by atoms with van der Waals surface area (Å²) in [4.78, 5) is 2.29. The number of nitrogens with zero attached hydrogens (tertiary/aromatic N) is 1. The van der Waals surface area contributed by atoms with Crippen molar-refractivity contribution >= 4 is 0 Å². The van der Waals surface area contributed by atoms with Crippen LogP contribution in [0.25, 0.3) is 0 Å². The molecule has 0 amide bonds. The number of morpholine rings is 1. The van der Waals surface area contributed by atoms with Gasteiger partial charge in [-0.1, -0.05) is 23.8 Å². The van der Waals surface area contributed by atoms with Crippen molar-refractivity contribution in [1.82, 2.24) is 4.90 Å². The van der Waals surface area contributed by atoms with Crippen LogP contribution in [-0.4, -0.2) is 41.8 Å². The van der Waals surface area contributed by atoms with Crippen LogP contribution in [0, 0.1) is 13.8 Å². The lowest BCUT2D eigenvalue weighted by molar-refractivity contribution is -0.0767. The second-order valence-electron chi connectivity index (χ2n) is 5.85. The molecule has 1 aliphatic rings. The number of rotatable bonds is 3. The van der Waals surface area contributed by atoms with Gasteiger partial charge in [0.25, 0.3) is 0 Å². The van der Waals surface area contributed by atoms with Gasteiger partial charge in [0.15, 0.2) is 0 Å². The first-order valence-electron chi connectivity index (χ1n) is 7.08. The highest BCUT2D eigenvalue weighted by molar-refractivity contribution is 5.32. The maximum atomic E-state index is 10.4. The number of hydrogen-bond donors (Lipinski definition) is 1. The molecule has 0 bridgehead atoms. The van der Waals surface area contributed by atoms with Gasteiger partial charge in [-0.2, -0.15) is 0 Å². The van der Waals surface area contributed by atoms with E-state index in [4.69, 9.17) is 4.74 Å². The van der Waals surface area contributed by atoms with Gasteiger partial charge >= 0.3 is 0 Å². The summed E-state index contributed by atoms with van der Waals surface area (Å²) in [5.74, 6) is 0. The normalized spacial score (nSPS) is 26.4. The number of hydrogen-bond acceptors (Lipinski definition) is 3. The molecule has 2 rings (SSSR count). The van der Waals surface area contributed by atoms with Gasteiger partial charge in [-0.05, 0) is 38.8 Å². The van der Waals surface area contributed by atoms with E-state index in [1.54, 1.807) is 0 Å². The van der Waals surface area contributed by atoms with Gasteiger partial charge in [0, 0.05) is 19.6 Å². The Hall–Kier alpha value is -0.900. The molecule has 0 radical (unpaired) electrons. The van der Waals surface area contributed by atoms with Crippen LogP contribution in [0.1, 0.15) is 36.6 Å². The van der Waals surface area contributed by atoms with Crippen LogP contribution in [0.3, 0.4) is 0 Å². The van der Waals surface area contributed by atoms with Crippen molar-refractivity contribution in [3.8, 4) is 0 Å². The molecule has 3 atom stereocenters. The number of aliphatic hydroxyl groups excluding tert-OH is 1. The van der Waals surface area contributed by atoms with Gasteiger partial charge in [0.05, 0.1) is 18.3 Å². The maximum absolute atomic E-state index is 10.4. The van der Waals surface area contributed by atoms with Crippen molar-refractivity contribution in [1.29, 1.82) is 0 Å². The molecule has 1 unspecified atom stereocenters. The molecule has 1 aromatic carbocycles. The van der Waals surface area contributed by atoms with Crippen LogP contribution in [0.4, 0.5) is 0 Å². The molecule has 1 aliphatic heterocycles. The molecule has 106 valence electrons. The molecular formula is C16H25NO2. The van der Waals surface area contributed by atoms with Crippen LogP contribution >= 0.6 is 0 Å². The van der Waals surface area contributed by atoms with E-state index >= 15 is 0 Å². The first-order chi connectivity index (χ1) is 8.95. The smallest absolute Gasteiger partial charge is 0.0919 e. The minimum absolute atomic E-state index is 0.245. The van der Waals surface area contributed by atoms with E-state index in [9.17, 15) is 5.11 Å². The monoisotopic (exact) mass is 263 g/mol. The Morgan fingerprint density at radius 2 is 1.89 bits per heavy atom. The summed E-state index contributed by atoms with van der Waals surface area (Å²) < 4.78 is 5.72. The fourth-order valence-electron chi connectivity index (χ4n) is 2.98. The van der Waals surface area contributed by atoms with E-state index in [0.29, 0.717) is 6.54 Å². The molecule has 19 heavy (non-hydrogen) atoms. The zero-order valence-electron chi connectivity index (χ0n) is 12.4. The van der Waals surface area contributed by atoms with E-state index in [0.717, 1.165) is 18.7 Å². The Balaban J connectivity index is 2.02. The topological polar surface area (TPSA) is 32.7 Å². The minimum Gasteiger partial charge on any atom is -0.387 e. The quantitative estimate of drug-likeness (QED) is 0.909. The second kappa shape index (κ2) is 6.04. The lowest BCUT2D eigenvalue weighted by Crippen LogP contribution is -2.46. The summed E-state index contributed by atoms with van der Waals surface area (Å²) >= 11 is 0. The van der Waals surface area contributed by atoms with Crippen LogP contribution in [0.15, 0.2) is 18.2 Å². The summed E-state index contributed by atoms with van der Waals surface area (Å²) in [6, 6.07) is 6.24. The van der Waals surface area contributed by atoms with Gasteiger partial charge in [0.1, 0.15) is 0 Å². The molecular weight excluding hydrogens is 238 g/mol. The van der Waals surface area contributed by atoms with E-state index in [1.807, 2.05) is 6.07 Å². The van der Waals surface area contributed by atoms with Gasteiger partial charge < -0.3 is 9.84 Å². The molecule has 1 N–H and O–H groups in total. The molecule has 0 aliphatic carbocycles. The predicted octanol–water partition coefficient (Wildman–Crippen LogP) is 2.45. The van der Waals surface area contributed by atoms with Crippen molar-refractivity contribution in [2.75, 3.05) is 19.6 Å². The Kier molecular flexibility index (Phi) is 4.61. The fraction of sp³-hybridized carbons (Fsp3) is 0.625. The molecule has 0 aromatic heterocycles. The largest absolute Gasteiger partial charge is 0.387 e. The van der Waals surface area contributed by atoms with Gasteiger partial charge in [-0.15, -0.1) is 0 Å². The molecule has 0 spiro atoms. The molecule has 3 heteroatoms. The van der Waals surface area contributed by atoms with Crippen molar-refractivity contribution in [3.05, 3.63) is 34.9 Å². The minimum atomic E-state index is -0.418. The average Bonchev–Trinajstić information content (AvgIpc) is 2.26. The van der Waals surface area contributed by atoms with Crippen molar-refractivity contribution in [3.63, 3.8) is 0 Å². The van der Waals surface area contributed by atoms with Gasteiger partial charge in [-0.3, -0.25) is 4.90 Å². The summed E-state index contributed by atoms with van der Waals surface area (Å²) in [6.45, 7) is 10.8. The summed E-state index contributed by atoms with van der Waals surface area (Å²) in [5.41, 5.74) is 3.45. The number of ether oxygens (including phenoxy) is 1. The lowest BCUT2D eigenvalue weighted by atomic mass is 10.0. The van der Waals surface area contributed by atoms with E-state index in [-0.39, 0.29) is 12.2 Å². The zero-order chi connectivity index (χ0) is 14.0. The number of benzene rings is 1. The van der Waals surface area contributed by atoms with Crippen LogP contribution in [0.5, 0.6) is 0 Å². The zero-order valence-corrected chi connectivity index (χ0v) is 12.4. The van der Waals surface area contributed by atoms with Crippen molar-refractivity contribution < 1.29 is 9.84 Å². The molecule has 1 saturated heterocycles. The summed E-state index contributed by atoms with van der Waals surface area (Å²) in [5, 5.41) is 10.4. The summed E-state index contributed by atoms with van der Waals surface area (Å²) in [6.07, 6.45) is 0.0724. The second-order valence-corrected chi connectivity index (χ2v) is 5.85. The number of aryl methyl sites for hydroxylation is 2. The highest BCUT2D eigenvalue weighted by Gasteiger charge is 2.24. The first kappa shape index (κ1) is 14.5. The highest BCUT2D eigenvalue weighted by Crippen LogP contribution is 2.21. The van der Waals surface area contributed by atoms with Crippen molar-refractivity contribution in [2.24, 2.45) is 0 Å². The highest BCUT2D eigenvalue weighted by atomic mass is 16.5. The molecule has 3 nitrogen and oxygen atoms in total. The Morgan fingerprint density at radius 3 is 2.47 bits per heavy atom. The van der Waals surface area contributed by atoms with Gasteiger partial charge in [0.2, 0.25) is 0 Å². The first-order valence-corrected chi connectivity index (χ1v) is 7.08. The third-order valence-corrected chi connectivity index (χ3v) is 3.71. The van der Waals surface area contributed by atoms with E-state index < -0.39 is 6.10 Å². The third kappa shape index (κ3) is 3.78. The van der Waals surface area contributed by atoms with Crippen LogP contribution in [0.2, 0.25) is 0 Å². The molecule has 0 saturated carbocycles. The fourth-order valence-corrected chi connectivity index (χ4v) is 2.98. The maximum Gasteiger partial charge on any atom is 0.0919 e. The summed E-state index contributed by atoms with van der Waals surface area (Å²) in [7, 11) is 0. The average molecular weight is 263 g/mol. The molecule has 1 fully saturated rings. The van der Waals surface area contributed by atoms with Crippen LogP contribution < -0.4 is 0 Å². The third-order valence-electron chi connectivity index (χ3n) is 3.71. The predicted molar refractivity (Wildman–Crippen MR) is 77.3 cm³/mol. The number of β-amino-alcohol motifs (C(OH)–C–C–N with tert-alkyl or cyclic N) is 1. The standard InChI is InChI=1S/C16H25NO2/c1-11-5-6-15(12(2)7-11)16(18)10-17-8-13(3)19-14(4)9-17/h5-7,13-14,16,18H,8-10H2,1-4H3/t13-,14+,16?. The lowest BCUT2D eigenvalue weighted by Gasteiger charge is -2.36.